The minimum absolute atomic E-state index is 0.107. The molecule has 98 valence electrons. The third kappa shape index (κ3) is 2.92. The van der Waals surface area contributed by atoms with Gasteiger partial charge < -0.3 is 9.30 Å². The van der Waals surface area contributed by atoms with Crippen LogP contribution in [0.25, 0.3) is 10.6 Å². The molecule has 2 aromatic heterocycles. The quantitative estimate of drug-likeness (QED) is 0.840. The second kappa shape index (κ2) is 6.32. The van der Waals surface area contributed by atoms with E-state index in [1.165, 1.54) is 0 Å². The summed E-state index contributed by atoms with van der Waals surface area (Å²) >= 11 is 1.59. The molecule has 0 aliphatic carbocycles. The fourth-order valence-electron chi connectivity index (χ4n) is 1.89. The third-order valence-electron chi connectivity index (χ3n) is 2.82. The topological polar surface area (TPSA) is 55.0 Å². The van der Waals surface area contributed by atoms with Gasteiger partial charge in [-0.1, -0.05) is 12.1 Å². The summed E-state index contributed by atoms with van der Waals surface area (Å²) in [6, 6.07) is 9.59. The molecule has 5 heteroatoms. The lowest BCUT2D eigenvalue weighted by Gasteiger charge is -2.12. The van der Waals surface area contributed by atoms with Crippen molar-refractivity contribution in [2.45, 2.75) is 13.0 Å². The van der Waals surface area contributed by atoms with E-state index in [1.54, 1.807) is 29.1 Å². The molecule has 0 fully saturated rings. The molecule has 0 atom stereocenters. The zero-order valence-corrected chi connectivity index (χ0v) is 11.4. The van der Waals surface area contributed by atoms with Crippen LogP contribution in [0.2, 0.25) is 0 Å². The van der Waals surface area contributed by atoms with Gasteiger partial charge >= 0.3 is 0 Å². The van der Waals surface area contributed by atoms with Crippen molar-refractivity contribution in [3.8, 4) is 16.6 Å². The Morgan fingerprint density at radius 2 is 2.26 bits per heavy atom. The molecule has 0 aliphatic heterocycles. The van der Waals surface area contributed by atoms with E-state index in [0.717, 1.165) is 10.6 Å². The Balaban J connectivity index is 2.52. The average molecular weight is 274 g/mol. The first kappa shape index (κ1) is 13.5. The first-order valence-electron chi connectivity index (χ1n) is 5.90. The minimum Gasteiger partial charge on any atom is -0.383 e. The van der Waals surface area contributed by atoms with Gasteiger partial charge in [0.15, 0.2) is 0 Å². The van der Waals surface area contributed by atoms with Crippen molar-refractivity contribution in [1.82, 2.24) is 4.57 Å². The Labute approximate surface area is 115 Å². The van der Waals surface area contributed by atoms with E-state index in [-0.39, 0.29) is 12.0 Å². The summed E-state index contributed by atoms with van der Waals surface area (Å²) in [5, 5.41) is 10.7. The smallest absolute Gasteiger partial charge is 0.255 e. The molecule has 19 heavy (non-hydrogen) atoms. The summed E-state index contributed by atoms with van der Waals surface area (Å²) in [6.45, 7) is 0.954. The van der Waals surface area contributed by atoms with Crippen LogP contribution in [0.1, 0.15) is 5.56 Å². The average Bonchev–Trinajstić information content (AvgIpc) is 2.93. The van der Waals surface area contributed by atoms with Gasteiger partial charge in [-0.05, 0) is 17.5 Å². The van der Waals surface area contributed by atoms with E-state index < -0.39 is 0 Å². The molecule has 2 aromatic rings. The van der Waals surface area contributed by atoms with Gasteiger partial charge in [0, 0.05) is 19.2 Å². The lowest BCUT2D eigenvalue weighted by atomic mass is 10.2. The first-order valence-corrected chi connectivity index (χ1v) is 6.78. The van der Waals surface area contributed by atoms with Gasteiger partial charge in [0.05, 0.1) is 29.7 Å². The number of thiophene rings is 1. The van der Waals surface area contributed by atoms with E-state index >= 15 is 0 Å². The number of ether oxygens (including phenoxy) is 1. The molecule has 0 radical (unpaired) electrons. The number of nitriles is 1. The molecule has 0 aliphatic rings. The molecule has 0 saturated carbocycles. The molecular weight excluding hydrogens is 260 g/mol. The van der Waals surface area contributed by atoms with Crippen molar-refractivity contribution in [2.24, 2.45) is 0 Å². The van der Waals surface area contributed by atoms with E-state index in [1.807, 2.05) is 29.6 Å². The molecule has 0 aromatic carbocycles. The van der Waals surface area contributed by atoms with Gasteiger partial charge in [0.2, 0.25) is 0 Å². The number of hydrogen-bond acceptors (Lipinski definition) is 4. The van der Waals surface area contributed by atoms with Crippen molar-refractivity contribution < 1.29 is 4.74 Å². The van der Waals surface area contributed by atoms with Crippen molar-refractivity contribution in [1.29, 1.82) is 5.26 Å². The highest BCUT2D eigenvalue weighted by Gasteiger charge is 2.10. The number of methoxy groups -OCH3 is 1. The lowest BCUT2D eigenvalue weighted by molar-refractivity contribution is 0.186. The predicted octanol–water partition coefficient (Wildman–Crippen LogP) is 2.29. The van der Waals surface area contributed by atoms with E-state index in [4.69, 9.17) is 10.00 Å². The van der Waals surface area contributed by atoms with Gasteiger partial charge in [-0.15, -0.1) is 11.3 Å². The molecule has 0 amide bonds. The van der Waals surface area contributed by atoms with Crippen LogP contribution in [0.15, 0.2) is 34.4 Å². The molecular formula is C14H14N2O2S. The van der Waals surface area contributed by atoms with Crippen LogP contribution in [0.4, 0.5) is 0 Å². The number of aromatic nitrogens is 1. The predicted molar refractivity (Wildman–Crippen MR) is 75.2 cm³/mol. The Kier molecular flexibility index (Phi) is 4.50. The molecule has 0 saturated heterocycles. The van der Waals surface area contributed by atoms with Crippen LogP contribution in [-0.2, 0) is 17.7 Å². The normalized spacial score (nSPS) is 10.3. The van der Waals surface area contributed by atoms with E-state index in [9.17, 15) is 4.79 Å². The van der Waals surface area contributed by atoms with Crippen molar-refractivity contribution in [2.75, 3.05) is 13.7 Å². The number of hydrogen-bond donors (Lipinski definition) is 0. The number of pyridine rings is 1. The molecule has 2 rings (SSSR count). The van der Waals surface area contributed by atoms with Crippen molar-refractivity contribution in [3.63, 3.8) is 0 Å². The van der Waals surface area contributed by atoms with Crippen LogP contribution in [0, 0.1) is 11.3 Å². The third-order valence-corrected chi connectivity index (χ3v) is 3.71. The summed E-state index contributed by atoms with van der Waals surface area (Å²) in [5.74, 6) is 0. The summed E-state index contributed by atoms with van der Waals surface area (Å²) in [7, 11) is 1.61. The SMILES string of the molecule is COCCn1c(-c2cccs2)ccc(CC#N)c1=O. The van der Waals surface area contributed by atoms with Gasteiger partial charge in [-0.25, -0.2) is 0 Å². The van der Waals surface area contributed by atoms with E-state index in [2.05, 4.69) is 0 Å². The van der Waals surface area contributed by atoms with Crippen molar-refractivity contribution >= 4 is 11.3 Å². The van der Waals surface area contributed by atoms with Gasteiger partial charge in [-0.2, -0.15) is 5.26 Å². The first-order chi connectivity index (χ1) is 9.27. The fourth-order valence-corrected chi connectivity index (χ4v) is 2.65. The Morgan fingerprint density at radius 1 is 1.42 bits per heavy atom. The maximum Gasteiger partial charge on any atom is 0.255 e. The molecule has 2 heterocycles. The lowest BCUT2D eigenvalue weighted by Crippen LogP contribution is -2.26. The zero-order valence-electron chi connectivity index (χ0n) is 10.6. The Bertz CT molecular complexity index is 638. The van der Waals surface area contributed by atoms with Gasteiger partial charge in [0.25, 0.3) is 5.56 Å². The monoisotopic (exact) mass is 274 g/mol. The minimum atomic E-state index is -0.107. The fraction of sp³-hybridized carbons (Fsp3) is 0.286. The summed E-state index contributed by atoms with van der Waals surface area (Å²) < 4.78 is 6.73. The van der Waals surface area contributed by atoms with Crippen LogP contribution in [-0.4, -0.2) is 18.3 Å². The maximum absolute atomic E-state index is 12.3. The molecule has 0 bridgehead atoms. The second-order valence-corrected chi connectivity index (χ2v) is 4.95. The van der Waals surface area contributed by atoms with Crippen molar-refractivity contribution in [3.05, 3.63) is 45.6 Å². The number of nitrogens with zero attached hydrogens (tertiary/aromatic N) is 2. The summed E-state index contributed by atoms with van der Waals surface area (Å²) in [6.07, 6.45) is 0.135. The second-order valence-electron chi connectivity index (χ2n) is 4.01. The maximum atomic E-state index is 12.3. The summed E-state index contributed by atoms with van der Waals surface area (Å²) in [5.41, 5.74) is 1.29. The highest BCUT2D eigenvalue weighted by molar-refractivity contribution is 7.13. The van der Waals surface area contributed by atoms with Crippen LogP contribution < -0.4 is 5.56 Å². The van der Waals surface area contributed by atoms with Gasteiger partial charge in [-0.3, -0.25) is 4.79 Å². The largest absolute Gasteiger partial charge is 0.383 e. The van der Waals surface area contributed by atoms with Gasteiger partial charge in [0.1, 0.15) is 0 Å². The molecule has 0 spiro atoms. The van der Waals surface area contributed by atoms with Crippen LogP contribution in [0.5, 0.6) is 0 Å². The summed E-state index contributed by atoms with van der Waals surface area (Å²) in [4.78, 5) is 13.4. The zero-order chi connectivity index (χ0) is 13.7. The van der Waals surface area contributed by atoms with Crippen LogP contribution >= 0.6 is 11.3 Å². The molecule has 4 nitrogen and oxygen atoms in total. The highest BCUT2D eigenvalue weighted by atomic mass is 32.1. The number of rotatable bonds is 5. The highest BCUT2D eigenvalue weighted by Crippen LogP contribution is 2.23. The standard InChI is InChI=1S/C14H14N2O2S/c1-18-9-8-16-12(13-3-2-10-19-13)5-4-11(6-7-15)14(16)17/h2-5,10H,6,8-9H2,1H3. The van der Waals surface area contributed by atoms with Crippen LogP contribution in [0.3, 0.4) is 0 Å². The van der Waals surface area contributed by atoms with E-state index in [0.29, 0.717) is 18.7 Å². The molecule has 0 N–H and O–H groups in total. The Morgan fingerprint density at radius 3 is 2.89 bits per heavy atom. The Hall–Kier alpha value is -1.90. The molecule has 0 unspecified atom stereocenters.